The average Bonchev–Trinajstić information content (AvgIpc) is 2.61. The molecule has 0 spiro atoms. The number of nitrogens with one attached hydrogen (secondary N) is 2. The Kier molecular flexibility index (Phi) is 10.5. The summed E-state index contributed by atoms with van der Waals surface area (Å²) >= 11 is 0. The molecular weight excluding hydrogens is 351 g/mol. The lowest BCUT2D eigenvalue weighted by molar-refractivity contribution is -0.153. The van der Waals surface area contributed by atoms with E-state index in [4.69, 9.17) is 14.2 Å². The van der Waals surface area contributed by atoms with E-state index in [-0.39, 0.29) is 12.3 Å². The quantitative estimate of drug-likeness (QED) is 0.352. The van der Waals surface area contributed by atoms with Gasteiger partial charge in [-0.05, 0) is 12.5 Å². The fourth-order valence-corrected chi connectivity index (χ4v) is 1.98. The molecule has 9 heteroatoms. The number of para-hydroxylation sites is 1. The van der Waals surface area contributed by atoms with E-state index in [2.05, 4.69) is 15.6 Å². The van der Waals surface area contributed by atoms with Crippen molar-refractivity contribution in [3.8, 4) is 5.75 Å². The van der Waals surface area contributed by atoms with Crippen LogP contribution in [0.2, 0.25) is 0 Å². The maximum absolute atomic E-state index is 12.3. The zero-order chi connectivity index (χ0) is 19.3. The molecule has 0 aliphatic heterocycles. The number of ether oxygens (including phenoxy) is 3. The van der Waals surface area contributed by atoms with Crippen LogP contribution in [-0.2, 0) is 16.0 Å². The van der Waals surface area contributed by atoms with Gasteiger partial charge in [-0.15, -0.1) is 0 Å². The van der Waals surface area contributed by atoms with Gasteiger partial charge in [-0.25, -0.2) is 0 Å². The number of benzene rings is 1. The Balaban J connectivity index is 2.37. The van der Waals surface area contributed by atoms with Gasteiger partial charge in [0.2, 0.25) is 0 Å². The minimum absolute atomic E-state index is 0.194. The van der Waals surface area contributed by atoms with E-state index in [1.54, 1.807) is 32.4 Å². The Morgan fingerprint density at radius 3 is 2.58 bits per heavy atom. The van der Waals surface area contributed by atoms with Crippen molar-refractivity contribution in [1.29, 1.82) is 0 Å². The van der Waals surface area contributed by atoms with Gasteiger partial charge in [0.25, 0.3) is 0 Å². The number of nitrogens with zero attached hydrogens (tertiary/aromatic N) is 1. The first kappa shape index (κ1) is 22.0. The van der Waals surface area contributed by atoms with Gasteiger partial charge in [-0.1, -0.05) is 18.2 Å². The maximum Gasteiger partial charge on any atom is 0.422 e. The summed E-state index contributed by atoms with van der Waals surface area (Å²) in [6.07, 6.45) is -3.58. The number of alkyl halides is 3. The fraction of sp³-hybridized carbons (Fsp3) is 0.588. The third-order valence-electron chi connectivity index (χ3n) is 3.22. The molecule has 6 nitrogen and oxygen atoms in total. The van der Waals surface area contributed by atoms with Crippen molar-refractivity contribution < 1.29 is 27.4 Å². The van der Waals surface area contributed by atoms with E-state index >= 15 is 0 Å². The summed E-state index contributed by atoms with van der Waals surface area (Å²) in [5, 5.41) is 6.16. The lowest BCUT2D eigenvalue weighted by atomic mass is 10.2. The van der Waals surface area contributed by atoms with E-state index < -0.39 is 12.8 Å². The molecular formula is C17H26F3N3O3. The molecule has 26 heavy (non-hydrogen) atoms. The minimum Gasteiger partial charge on any atom is -0.484 e. The topological polar surface area (TPSA) is 64.1 Å². The number of aliphatic imine (C=N–C) groups is 1. The smallest absolute Gasteiger partial charge is 0.422 e. The molecule has 0 bridgehead atoms. The lowest BCUT2D eigenvalue weighted by Crippen LogP contribution is -2.37. The number of halogens is 3. The lowest BCUT2D eigenvalue weighted by Gasteiger charge is -2.15. The monoisotopic (exact) mass is 377 g/mol. The molecule has 0 amide bonds. The van der Waals surface area contributed by atoms with Crippen LogP contribution in [0.4, 0.5) is 13.2 Å². The van der Waals surface area contributed by atoms with Crippen molar-refractivity contribution in [1.82, 2.24) is 10.6 Å². The third kappa shape index (κ3) is 10.1. The summed E-state index contributed by atoms with van der Waals surface area (Å²) in [6.45, 7) is 1.34. The van der Waals surface area contributed by atoms with Crippen LogP contribution >= 0.6 is 0 Å². The second kappa shape index (κ2) is 12.4. The molecule has 0 aliphatic carbocycles. The highest BCUT2D eigenvalue weighted by Crippen LogP contribution is 2.21. The Morgan fingerprint density at radius 2 is 1.88 bits per heavy atom. The predicted octanol–water partition coefficient (Wildman–Crippen LogP) is 2.35. The minimum atomic E-state index is -4.37. The highest BCUT2D eigenvalue weighted by Gasteiger charge is 2.28. The Hall–Kier alpha value is -2.00. The summed E-state index contributed by atoms with van der Waals surface area (Å²) in [4.78, 5) is 4.08. The van der Waals surface area contributed by atoms with Gasteiger partial charge in [-0.2, -0.15) is 13.2 Å². The Morgan fingerprint density at radius 1 is 1.12 bits per heavy atom. The molecule has 0 fully saturated rings. The number of rotatable bonds is 11. The number of guanidine groups is 1. The predicted molar refractivity (Wildman–Crippen MR) is 93.5 cm³/mol. The van der Waals surface area contributed by atoms with Gasteiger partial charge in [0.15, 0.2) is 12.6 Å². The molecule has 1 aromatic rings. The second-order valence-corrected chi connectivity index (χ2v) is 5.32. The zero-order valence-electron chi connectivity index (χ0n) is 15.1. The Labute approximate surface area is 151 Å². The van der Waals surface area contributed by atoms with E-state index in [1.165, 1.54) is 6.07 Å². The van der Waals surface area contributed by atoms with Crippen molar-refractivity contribution in [3.63, 3.8) is 0 Å². The summed E-state index contributed by atoms with van der Waals surface area (Å²) in [5.41, 5.74) is 0.614. The Bertz CT molecular complexity index is 539. The van der Waals surface area contributed by atoms with Gasteiger partial charge < -0.3 is 24.8 Å². The molecule has 0 atom stereocenters. The van der Waals surface area contributed by atoms with Gasteiger partial charge in [0.1, 0.15) is 5.75 Å². The van der Waals surface area contributed by atoms with Crippen molar-refractivity contribution >= 4 is 5.96 Å². The van der Waals surface area contributed by atoms with E-state index in [0.29, 0.717) is 37.9 Å². The molecule has 0 unspecified atom stereocenters. The van der Waals surface area contributed by atoms with Crippen LogP contribution in [0.15, 0.2) is 29.3 Å². The summed E-state index contributed by atoms with van der Waals surface area (Å²) in [7, 11) is 3.24. The van der Waals surface area contributed by atoms with Crippen molar-refractivity contribution in [2.75, 3.05) is 47.1 Å². The normalized spacial score (nSPS) is 12.1. The van der Waals surface area contributed by atoms with Gasteiger partial charge in [0, 0.05) is 39.4 Å². The molecule has 0 aromatic heterocycles. The fourth-order valence-electron chi connectivity index (χ4n) is 1.98. The average molecular weight is 377 g/mol. The summed E-state index contributed by atoms with van der Waals surface area (Å²) in [6, 6.07) is 6.59. The van der Waals surface area contributed by atoms with Crippen molar-refractivity contribution in [2.45, 2.75) is 19.1 Å². The molecule has 1 rings (SSSR count). The molecule has 2 N–H and O–H groups in total. The van der Waals surface area contributed by atoms with Gasteiger partial charge in [-0.3, -0.25) is 4.99 Å². The van der Waals surface area contributed by atoms with Crippen LogP contribution < -0.4 is 15.4 Å². The van der Waals surface area contributed by atoms with Crippen molar-refractivity contribution in [2.24, 2.45) is 4.99 Å². The molecule has 0 heterocycles. The first-order valence-corrected chi connectivity index (χ1v) is 8.25. The molecule has 148 valence electrons. The second-order valence-electron chi connectivity index (χ2n) is 5.32. The standard InChI is InChI=1S/C17H26F3N3O3/c1-21-16(22-8-5-9-25-11-10-24-2)23-12-14-6-3-4-7-15(14)26-13-17(18,19)20/h3-4,6-7H,5,8-13H2,1-2H3,(H2,21,22,23). The van der Waals surface area contributed by atoms with Crippen LogP contribution in [0.3, 0.4) is 0 Å². The van der Waals surface area contributed by atoms with E-state index in [9.17, 15) is 13.2 Å². The number of hydrogen-bond donors (Lipinski definition) is 2. The van der Waals surface area contributed by atoms with Crippen LogP contribution in [0.1, 0.15) is 12.0 Å². The number of methoxy groups -OCH3 is 1. The molecule has 1 aromatic carbocycles. The summed E-state index contributed by atoms with van der Waals surface area (Å²) < 4.78 is 52.1. The number of hydrogen-bond acceptors (Lipinski definition) is 4. The largest absolute Gasteiger partial charge is 0.484 e. The zero-order valence-corrected chi connectivity index (χ0v) is 15.1. The highest BCUT2D eigenvalue weighted by atomic mass is 19.4. The van der Waals surface area contributed by atoms with E-state index in [1.807, 2.05) is 0 Å². The third-order valence-corrected chi connectivity index (χ3v) is 3.22. The first-order chi connectivity index (χ1) is 12.5. The van der Waals surface area contributed by atoms with Crippen LogP contribution in [-0.4, -0.2) is 59.3 Å². The molecule has 0 radical (unpaired) electrons. The van der Waals surface area contributed by atoms with Gasteiger partial charge in [0.05, 0.1) is 13.2 Å². The molecule has 0 aliphatic rings. The van der Waals surface area contributed by atoms with Crippen LogP contribution in [0.5, 0.6) is 5.75 Å². The maximum atomic E-state index is 12.3. The SMILES string of the molecule is CN=C(NCCCOCCOC)NCc1ccccc1OCC(F)(F)F. The van der Waals surface area contributed by atoms with E-state index in [0.717, 1.165) is 6.42 Å². The van der Waals surface area contributed by atoms with Crippen LogP contribution in [0, 0.1) is 0 Å². The molecule has 0 saturated heterocycles. The molecule has 0 saturated carbocycles. The van der Waals surface area contributed by atoms with Crippen molar-refractivity contribution in [3.05, 3.63) is 29.8 Å². The highest BCUT2D eigenvalue weighted by molar-refractivity contribution is 5.79. The summed E-state index contributed by atoms with van der Waals surface area (Å²) in [5.74, 6) is 0.742. The van der Waals surface area contributed by atoms with Crippen LogP contribution in [0.25, 0.3) is 0 Å². The first-order valence-electron chi connectivity index (χ1n) is 8.25. The van der Waals surface area contributed by atoms with Gasteiger partial charge >= 0.3 is 6.18 Å².